The number of hydrogen-bond donors (Lipinski definition) is 1. The molecule has 0 heterocycles. The van der Waals surface area contributed by atoms with Crippen molar-refractivity contribution in [3.63, 3.8) is 0 Å². The zero-order valence-corrected chi connectivity index (χ0v) is 14.8. The summed E-state index contributed by atoms with van der Waals surface area (Å²) >= 11 is 17.2. The van der Waals surface area contributed by atoms with Crippen LogP contribution in [-0.4, -0.2) is 21.4 Å². The van der Waals surface area contributed by atoms with Crippen molar-refractivity contribution in [1.82, 2.24) is 0 Å². The summed E-state index contributed by atoms with van der Waals surface area (Å²) in [6.07, 6.45) is 0. The summed E-state index contributed by atoms with van der Waals surface area (Å²) in [5.74, 6) is -0.661. The molecule has 2 aromatic rings. The summed E-state index contributed by atoms with van der Waals surface area (Å²) in [4.78, 5) is -1.18. The predicted molar refractivity (Wildman–Crippen MR) is 85.5 cm³/mol. The lowest BCUT2D eigenvalue weighted by Gasteiger charge is -2.11. The van der Waals surface area contributed by atoms with Gasteiger partial charge < -0.3 is 4.18 Å². The summed E-state index contributed by atoms with van der Waals surface area (Å²) < 4.78 is 61.0. The minimum absolute atomic E-state index is 0.00445. The Labute approximate surface area is 147 Å². The average molecular weight is 418 g/mol. The van der Waals surface area contributed by atoms with Crippen LogP contribution in [0.5, 0.6) is 5.75 Å². The van der Waals surface area contributed by atoms with Gasteiger partial charge in [0.25, 0.3) is 10.1 Å². The molecule has 0 saturated carbocycles. The maximum atomic E-state index is 12.3. The predicted octanol–water partition coefficient (Wildman–Crippen LogP) is 3.66. The van der Waals surface area contributed by atoms with Crippen LogP contribution in [0.3, 0.4) is 0 Å². The van der Waals surface area contributed by atoms with E-state index in [1.807, 2.05) is 0 Å². The van der Waals surface area contributed by atoms with Crippen molar-refractivity contribution in [3.8, 4) is 5.75 Å². The van der Waals surface area contributed by atoms with Gasteiger partial charge in [-0.3, -0.25) is 4.55 Å². The van der Waals surface area contributed by atoms with Crippen molar-refractivity contribution in [3.05, 3.63) is 51.5 Å². The molecule has 23 heavy (non-hydrogen) atoms. The first-order valence-corrected chi connectivity index (χ1v) is 9.65. The maximum Gasteiger partial charge on any atom is 0.340 e. The van der Waals surface area contributed by atoms with E-state index >= 15 is 0 Å². The first-order valence-electron chi connectivity index (χ1n) is 5.67. The van der Waals surface area contributed by atoms with Crippen LogP contribution in [0.2, 0.25) is 15.1 Å². The standard InChI is InChI=1S/C12H7Cl3O6S2/c13-7-1-3-11(9(15)5-7)23(19,20)21-10-6-8(14)2-4-12(10)22(16,17)18/h1-6H,(H,16,17,18). The van der Waals surface area contributed by atoms with Crippen LogP contribution < -0.4 is 4.18 Å². The molecule has 0 saturated heterocycles. The van der Waals surface area contributed by atoms with Crippen molar-refractivity contribution in [2.24, 2.45) is 0 Å². The Morgan fingerprint density at radius 3 is 1.87 bits per heavy atom. The van der Waals surface area contributed by atoms with Crippen LogP contribution in [0.1, 0.15) is 0 Å². The Morgan fingerprint density at radius 2 is 1.35 bits per heavy atom. The van der Waals surface area contributed by atoms with Gasteiger partial charge in [0.05, 0.1) is 5.02 Å². The van der Waals surface area contributed by atoms with Gasteiger partial charge in [-0.1, -0.05) is 34.8 Å². The van der Waals surface area contributed by atoms with Crippen LogP contribution >= 0.6 is 34.8 Å². The molecule has 0 aliphatic heterocycles. The Balaban J connectivity index is 2.56. The van der Waals surface area contributed by atoms with Crippen LogP contribution in [-0.2, 0) is 20.2 Å². The fourth-order valence-electron chi connectivity index (χ4n) is 1.60. The molecule has 0 aromatic heterocycles. The molecule has 0 unspecified atom stereocenters. The zero-order chi connectivity index (χ0) is 17.4. The number of hydrogen-bond acceptors (Lipinski definition) is 5. The normalized spacial score (nSPS) is 12.2. The van der Waals surface area contributed by atoms with Gasteiger partial charge in [-0.15, -0.1) is 0 Å². The Morgan fingerprint density at radius 1 is 0.826 bits per heavy atom. The second kappa shape index (κ2) is 6.46. The monoisotopic (exact) mass is 416 g/mol. The minimum atomic E-state index is -4.72. The molecular formula is C12H7Cl3O6S2. The van der Waals surface area contributed by atoms with E-state index in [4.69, 9.17) is 43.5 Å². The minimum Gasteiger partial charge on any atom is -0.377 e. The summed E-state index contributed by atoms with van der Waals surface area (Å²) in [5, 5.41) is -0.00642. The second-order valence-electron chi connectivity index (χ2n) is 4.18. The summed E-state index contributed by atoms with van der Waals surface area (Å²) in [7, 11) is -9.21. The smallest absolute Gasteiger partial charge is 0.340 e. The van der Waals surface area contributed by atoms with Crippen LogP contribution in [0.15, 0.2) is 46.2 Å². The fraction of sp³-hybridized carbons (Fsp3) is 0. The van der Waals surface area contributed by atoms with Gasteiger partial charge in [0.2, 0.25) is 0 Å². The maximum absolute atomic E-state index is 12.3. The Kier molecular flexibility index (Phi) is 5.15. The highest BCUT2D eigenvalue weighted by atomic mass is 35.5. The third kappa shape index (κ3) is 4.28. The molecular weight excluding hydrogens is 411 g/mol. The molecule has 2 rings (SSSR count). The highest BCUT2D eigenvalue weighted by molar-refractivity contribution is 7.87. The first-order chi connectivity index (χ1) is 10.5. The number of benzene rings is 2. The van der Waals surface area contributed by atoms with E-state index in [0.29, 0.717) is 0 Å². The number of halogens is 3. The molecule has 0 bridgehead atoms. The molecule has 0 atom stereocenters. The van der Waals surface area contributed by atoms with E-state index in [2.05, 4.69) is 0 Å². The van der Waals surface area contributed by atoms with Gasteiger partial charge in [-0.2, -0.15) is 16.8 Å². The van der Waals surface area contributed by atoms with Crippen LogP contribution in [0.4, 0.5) is 0 Å². The lowest BCUT2D eigenvalue weighted by atomic mass is 10.3. The summed E-state index contributed by atoms with van der Waals surface area (Å²) in [6, 6.07) is 6.54. The molecule has 2 aromatic carbocycles. The van der Waals surface area contributed by atoms with E-state index in [-0.39, 0.29) is 15.1 Å². The van der Waals surface area contributed by atoms with E-state index in [1.165, 1.54) is 12.1 Å². The van der Waals surface area contributed by atoms with Gasteiger partial charge in [-0.25, -0.2) is 0 Å². The van der Waals surface area contributed by atoms with E-state index in [9.17, 15) is 16.8 Å². The molecule has 0 spiro atoms. The third-order valence-electron chi connectivity index (χ3n) is 2.55. The molecule has 0 fully saturated rings. The lowest BCUT2D eigenvalue weighted by Crippen LogP contribution is -2.13. The Bertz CT molecular complexity index is 970. The molecule has 124 valence electrons. The van der Waals surface area contributed by atoms with E-state index < -0.39 is 35.8 Å². The van der Waals surface area contributed by atoms with Crippen molar-refractivity contribution in [2.45, 2.75) is 9.79 Å². The highest BCUT2D eigenvalue weighted by Gasteiger charge is 2.25. The third-order valence-corrected chi connectivity index (χ3v) is 5.63. The highest BCUT2D eigenvalue weighted by Crippen LogP contribution is 2.32. The largest absolute Gasteiger partial charge is 0.377 e. The van der Waals surface area contributed by atoms with Crippen molar-refractivity contribution in [1.29, 1.82) is 0 Å². The number of rotatable bonds is 4. The lowest BCUT2D eigenvalue weighted by molar-refractivity contribution is 0.463. The molecule has 6 nitrogen and oxygen atoms in total. The Hall–Kier alpha value is -1.03. The molecule has 0 radical (unpaired) electrons. The molecule has 0 aliphatic rings. The summed E-state index contributed by atoms with van der Waals surface area (Å²) in [5.41, 5.74) is 0. The fourth-order valence-corrected chi connectivity index (χ4v) is 4.10. The quantitative estimate of drug-likeness (QED) is 0.602. The van der Waals surface area contributed by atoms with Gasteiger partial charge in [0, 0.05) is 16.1 Å². The summed E-state index contributed by atoms with van der Waals surface area (Å²) in [6.45, 7) is 0. The topological polar surface area (TPSA) is 97.7 Å². The van der Waals surface area contributed by atoms with Gasteiger partial charge in [-0.05, 0) is 30.3 Å². The van der Waals surface area contributed by atoms with Gasteiger partial charge >= 0.3 is 10.1 Å². The molecule has 0 amide bonds. The van der Waals surface area contributed by atoms with Crippen LogP contribution in [0, 0.1) is 0 Å². The van der Waals surface area contributed by atoms with Crippen molar-refractivity contribution < 1.29 is 25.6 Å². The van der Waals surface area contributed by atoms with Gasteiger partial charge in [0.1, 0.15) is 9.79 Å². The van der Waals surface area contributed by atoms with E-state index in [0.717, 1.165) is 24.3 Å². The SMILES string of the molecule is O=S(=O)(O)c1ccc(Cl)cc1OS(=O)(=O)c1ccc(Cl)cc1Cl. The zero-order valence-electron chi connectivity index (χ0n) is 10.9. The first kappa shape index (κ1) is 18.3. The van der Waals surface area contributed by atoms with Gasteiger partial charge in [0.15, 0.2) is 5.75 Å². The molecule has 11 heteroatoms. The molecule has 0 aliphatic carbocycles. The van der Waals surface area contributed by atoms with E-state index in [1.54, 1.807) is 0 Å². The second-order valence-corrected chi connectivity index (χ2v) is 8.36. The van der Waals surface area contributed by atoms with Crippen molar-refractivity contribution in [2.75, 3.05) is 0 Å². The molecule has 1 N–H and O–H groups in total. The van der Waals surface area contributed by atoms with Crippen LogP contribution in [0.25, 0.3) is 0 Å². The van der Waals surface area contributed by atoms with Crippen molar-refractivity contribution >= 4 is 55.0 Å². The average Bonchev–Trinajstić information content (AvgIpc) is 2.35.